The lowest BCUT2D eigenvalue weighted by atomic mass is 10.2. The van der Waals surface area contributed by atoms with Gasteiger partial charge in [-0.05, 0) is 0 Å². The summed E-state index contributed by atoms with van der Waals surface area (Å²) in [4.78, 5) is 15.5. The largest absolute Gasteiger partial charge is 0.394 e. The summed E-state index contributed by atoms with van der Waals surface area (Å²) in [5, 5.41) is 18.7. The lowest BCUT2D eigenvalue weighted by molar-refractivity contribution is -0.0458. The summed E-state index contributed by atoms with van der Waals surface area (Å²) in [7, 11) is 0. The molecule has 1 aliphatic rings. The quantitative estimate of drug-likeness (QED) is 0.450. The third-order valence-electron chi connectivity index (χ3n) is 3.00. The van der Waals surface area contributed by atoms with E-state index in [0.717, 1.165) is 0 Å². The molecule has 3 atom stereocenters. The van der Waals surface area contributed by atoms with Crippen molar-refractivity contribution in [1.82, 2.24) is 9.55 Å². The number of anilines is 1. The van der Waals surface area contributed by atoms with Crippen LogP contribution in [0, 0.1) is 11.8 Å². The van der Waals surface area contributed by atoms with Gasteiger partial charge in [-0.1, -0.05) is 11.8 Å². The molecule has 8 nitrogen and oxygen atoms in total. The van der Waals surface area contributed by atoms with Gasteiger partial charge < -0.3 is 26.4 Å². The zero-order chi connectivity index (χ0) is 14.7. The summed E-state index contributed by atoms with van der Waals surface area (Å²) in [6, 6.07) is 0. The lowest BCUT2D eigenvalue weighted by Gasteiger charge is -2.14. The molecule has 8 heteroatoms. The van der Waals surface area contributed by atoms with Crippen LogP contribution in [0.4, 0.5) is 5.82 Å². The fraction of sp³-hybridized carbons (Fsp3) is 0.500. The number of nitrogens with zero attached hydrogens (tertiary/aromatic N) is 2. The van der Waals surface area contributed by atoms with Gasteiger partial charge in [0, 0.05) is 12.6 Å². The van der Waals surface area contributed by atoms with E-state index in [9.17, 15) is 9.90 Å². The summed E-state index contributed by atoms with van der Waals surface area (Å²) < 4.78 is 6.60. The molecule has 0 unspecified atom stereocenters. The Labute approximate surface area is 115 Å². The van der Waals surface area contributed by atoms with Crippen LogP contribution in [0.2, 0.25) is 0 Å². The van der Waals surface area contributed by atoms with E-state index in [1.54, 1.807) is 0 Å². The maximum absolute atomic E-state index is 11.8. The summed E-state index contributed by atoms with van der Waals surface area (Å²) in [5.74, 6) is 5.35. The van der Waals surface area contributed by atoms with Gasteiger partial charge in [0.05, 0.1) is 24.8 Å². The van der Waals surface area contributed by atoms with Crippen LogP contribution < -0.4 is 17.2 Å². The van der Waals surface area contributed by atoms with Gasteiger partial charge in [0.2, 0.25) is 0 Å². The third kappa shape index (κ3) is 2.81. The van der Waals surface area contributed by atoms with Gasteiger partial charge in [-0.15, -0.1) is 0 Å². The Morgan fingerprint density at radius 1 is 1.60 bits per heavy atom. The van der Waals surface area contributed by atoms with Crippen molar-refractivity contribution in [3.8, 4) is 11.8 Å². The van der Waals surface area contributed by atoms with E-state index in [2.05, 4.69) is 16.8 Å². The minimum atomic E-state index is -0.840. The summed E-state index contributed by atoms with van der Waals surface area (Å²) >= 11 is 0. The van der Waals surface area contributed by atoms with Gasteiger partial charge in [-0.3, -0.25) is 4.57 Å². The zero-order valence-corrected chi connectivity index (χ0v) is 10.7. The van der Waals surface area contributed by atoms with Crippen LogP contribution in [0.5, 0.6) is 0 Å². The molecule has 0 spiro atoms. The van der Waals surface area contributed by atoms with Crippen LogP contribution >= 0.6 is 0 Å². The highest BCUT2D eigenvalue weighted by atomic mass is 16.5. The minimum absolute atomic E-state index is 0.0180. The van der Waals surface area contributed by atoms with Crippen molar-refractivity contribution >= 4 is 5.82 Å². The second-order valence-corrected chi connectivity index (χ2v) is 4.35. The predicted octanol–water partition coefficient (Wildman–Crippen LogP) is -2.22. The number of aromatic nitrogens is 2. The number of nitrogen functional groups attached to an aromatic ring is 1. The summed E-state index contributed by atoms with van der Waals surface area (Å²) in [6.45, 7) is -0.168. The highest BCUT2D eigenvalue weighted by Gasteiger charge is 2.35. The van der Waals surface area contributed by atoms with Crippen molar-refractivity contribution in [2.45, 2.75) is 24.9 Å². The Kier molecular flexibility index (Phi) is 4.36. The van der Waals surface area contributed by atoms with Crippen molar-refractivity contribution in [1.29, 1.82) is 0 Å². The lowest BCUT2D eigenvalue weighted by Crippen LogP contribution is -2.29. The van der Waals surface area contributed by atoms with E-state index >= 15 is 0 Å². The van der Waals surface area contributed by atoms with E-state index in [4.69, 9.17) is 21.3 Å². The number of ether oxygens (including phenoxy) is 1. The number of hydrogen-bond donors (Lipinski definition) is 4. The molecular weight excluding hydrogens is 264 g/mol. The maximum atomic E-state index is 11.8. The molecule has 1 aromatic heterocycles. The SMILES string of the molecule is NCC#Cc1cn([C@H]2C[C@H](O)[C@@H](CO)O2)c(=O)nc1N. The van der Waals surface area contributed by atoms with Crippen molar-refractivity contribution in [3.05, 3.63) is 22.2 Å². The molecule has 0 aromatic carbocycles. The van der Waals surface area contributed by atoms with Crippen molar-refractivity contribution < 1.29 is 14.9 Å². The molecule has 108 valence electrons. The molecule has 6 N–H and O–H groups in total. The Morgan fingerprint density at radius 2 is 2.35 bits per heavy atom. The highest BCUT2D eigenvalue weighted by molar-refractivity contribution is 5.49. The van der Waals surface area contributed by atoms with E-state index in [0.29, 0.717) is 5.56 Å². The number of hydrogen-bond acceptors (Lipinski definition) is 7. The predicted molar refractivity (Wildman–Crippen MR) is 70.5 cm³/mol. The molecule has 0 radical (unpaired) electrons. The average molecular weight is 280 g/mol. The number of aliphatic hydroxyl groups excluding tert-OH is 2. The van der Waals surface area contributed by atoms with Crippen LogP contribution in [-0.2, 0) is 4.74 Å². The van der Waals surface area contributed by atoms with Gasteiger partial charge >= 0.3 is 5.69 Å². The molecule has 1 fully saturated rings. The maximum Gasteiger partial charge on any atom is 0.351 e. The van der Waals surface area contributed by atoms with Crippen molar-refractivity contribution in [2.24, 2.45) is 5.73 Å². The van der Waals surface area contributed by atoms with Crippen molar-refractivity contribution in [3.63, 3.8) is 0 Å². The van der Waals surface area contributed by atoms with Crippen molar-refractivity contribution in [2.75, 3.05) is 18.9 Å². The minimum Gasteiger partial charge on any atom is -0.394 e. The van der Waals surface area contributed by atoms with Gasteiger partial charge in [-0.25, -0.2) is 4.79 Å². The summed E-state index contributed by atoms with van der Waals surface area (Å²) in [6.07, 6.45) is -0.664. The Balaban J connectivity index is 2.35. The first-order chi connectivity index (χ1) is 9.56. The summed E-state index contributed by atoms with van der Waals surface area (Å²) in [5.41, 5.74) is 10.7. The first kappa shape index (κ1) is 14.5. The number of aliphatic hydroxyl groups is 2. The number of nitrogens with two attached hydrogens (primary N) is 2. The molecule has 0 aliphatic carbocycles. The first-order valence-corrected chi connectivity index (χ1v) is 6.08. The molecule has 20 heavy (non-hydrogen) atoms. The standard InChI is InChI=1S/C12H16N4O4/c13-3-1-2-7-5-16(12(19)15-11(7)14)10-4-8(18)9(6-17)20-10/h5,8-10,17-18H,3-4,6,13H2,(H2,14,15,19)/t8-,9+,10+/m0/s1. The van der Waals surface area contributed by atoms with Crippen LogP contribution in [0.15, 0.2) is 11.0 Å². The van der Waals surface area contributed by atoms with Gasteiger partial charge in [-0.2, -0.15) is 4.98 Å². The van der Waals surface area contributed by atoms with E-state index in [1.807, 2.05) is 0 Å². The smallest absolute Gasteiger partial charge is 0.351 e. The molecule has 2 rings (SSSR count). The molecule has 0 amide bonds. The van der Waals surface area contributed by atoms with Crippen LogP contribution in [0.1, 0.15) is 18.2 Å². The second-order valence-electron chi connectivity index (χ2n) is 4.35. The Hall–Kier alpha value is -1.92. The molecule has 1 saturated heterocycles. The Morgan fingerprint density at radius 3 is 2.95 bits per heavy atom. The molecule has 1 aromatic rings. The molecule has 0 saturated carbocycles. The molecule has 1 aliphatic heterocycles. The normalized spacial score (nSPS) is 25.2. The fourth-order valence-electron chi connectivity index (χ4n) is 1.98. The van der Waals surface area contributed by atoms with Gasteiger partial charge in [0.25, 0.3) is 0 Å². The topological polar surface area (TPSA) is 137 Å². The van der Waals surface area contributed by atoms with E-state index < -0.39 is 24.1 Å². The molecule has 0 bridgehead atoms. The van der Waals surface area contributed by atoms with Crippen LogP contribution in [-0.4, -0.2) is 45.1 Å². The molecular formula is C12H16N4O4. The Bertz CT molecular complexity index is 604. The average Bonchev–Trinajstić information content (AvgIpc) is 2.79. The molecule has 2 heterocycles. The van der Waals surface area contributed by atoms with Crippen LogP contribution in [0.25, 0.3) is 0 Å². The van der Waals surface area contributed by atoms with Crippen LogP contribution in [0.3, 0.4) is 0 Å². The monoisotopic (exact) mass is 280 g/mol. The number of rotatable bonds is 2. The van der Waals surface area contributed by atoms with Gasteiger partial charge in [0.1, 0.15) is 18.1 Å². The zero-order valence-electron chi connectivity index (χ0n) is 10.7. The second kappa shape index (κ2) is 6.02. The fourth-order valence-corrected chi connectivity index (χ4v) is 1.98. The van der Waals surface area contributed by atoms with Gasteiger partial charge in [0.15, 0.2) is 0 Å². The first-order valence-electron chi connectivity index (χ1n) is 6.08. The highest BCUT2D eigenvalue weighted by Crippen LogP contribution is 2.27. The third-order valence-corrected chi connectivity index (χ3v) is 3.00. The van der Waals surface area contributed by atoms with E-state index in [-0.39, 0.29) is 25.4 Å². The van der Waals surface area contributed by atoms with E-state index in [1.165, 1.54) is 10.8 Å².